The Balaban J connectivity index is 1.85. The van der Waals surface area contributed by atoms with Crippen LogP contribution in [0.15, 0.2) is 22.7 Å². The number of ether oxygens (including phenoxy) is 2. The van der Waals surface area contributed by atoms with Gasteiger partial charge in [0.15, 0.2) is 0 Å². The molecule has 76 valence electrons. The van der Waals surface area contributed by atoms with Crippen molar-refractivity contribution in [2.24, 2.45) is 0 Å². The Kier molecular flexibility index (Phi) is 3.15. The second-order valence-electron chi connectivity index (χ2n) is 3.22. The summed E-state index contributed by atoms with van der Waals surface area (Å²) in [6, 6.07) is 4.87. The van der Waals surface area contributed by atoms with Crippen molar-refractivity contribution >= 4 is 15.9 Å². The van der Waals surface area contributed by atoms with Gasteiger partial charge in [0.2, 0.25) is 0 Å². The standard InChI is InChI=1S/C10H10BrFO2/c11-9-3-7(1-2-10(9)12)4-13-5-8-6-14-8/h1-3,8H,4-6H2/t8-/m1/s1. The highest BCUT2D eigenvalue weighted by Crippen LogP contribution is 2.18. The molecule has 1 heterocycles. The van der Waals surface area contributed by atoms with Gasteiger partial charge in [-0.2, -0.15) is 0 Å². The van der Waals surface area contributed by atoms with E-state index in [-0.39, 0.29) is 11.9 Å². The van der Waals surface area contributed by atoms with Gasteiger partial charge >= 0.3 is 0 Å². The minimum Gasteiger partial charge on any atom is -0.374 e. The first-order valence-electron chi connectivity index (χ1n) is 4.39. The number of halogens is 2. The molecule has 0 bridgehead atoms. The van der Waals surface area contributed by atoms with Gasteiger partial charge in [-0.25, -0.2) is 4.39 Å². The zero-order valence-electron chi connectivity index (χ0n) is 7.50. The second kappa shape index (κ2) is 4.38. The van der Waals surface area contributed by atoms with E-state index in [9.17, 15) is 4.39 Å². The summed E-state index contributed by atoms with van der Waals surface area (Å²) in [5.41, 5.74) is 0.957. The highest BCUT2D eigenvalue weighted by atomic mass is 79.9. The molecule has 1 aromatic carbocycles. The van der Waals surface area contributed by atoms with Crippen LogP contribution >= 0.6 is 15.9 Å². The van der Waals surface area contributed by atoms with Crippen LogP contribution < -0.4 is 0 Å². The minimum absolute atomic E-state index is 0.251. The predicted molar refractivity (Wildman–Crippen MR) is 53.5 cm³/mol. The van der Waals surface area contributed by atoms with E-state index in [0.717, 1.165) is 12.2 Å². The Hall–Kier alpha value is -0.450. The van der Waals surface area contributed by atoms with Crippen LogP contribution in [0.2, 0.25) is 0 Å². The molecule has 0 N–H and O–H groups in total. The number of hydrogen-bond donors (Lipinski definition) is 0. The van der Waals surface area contributed by atoms with Gasteiger partial charge in [-0.1, -0.05) is 6.07 Å². The van der Waals surface area contributed by atoms with Crippen LogP contribution in [-0.2, 0) is 16.1 Å². The first kappa shape index (κ1) is 10.1. The summed E-state index contributed by atoms with van der Waals surface area (Å²) >= 11 is 3.12. The number of benzene rings is 1. The first-order valence-corrected chi connectivity index (χ1v) is 5.18. The van der Waals surface area contributed by atoms with Crippen LogP contribution in [-0.4, -0.2) is 19.3 Å². The summed E-state index contributed by atoms with van der Waals surface area (Å²) in [6.07, 6.45) is 0.277. The lowest BCUT2D eigenvalue weighted by Crippen LogP contribution is -2.01. The van der Waals surface area contributed by atoms with E-state index in [1.807, 2.05) is 0 Å². The van der Waals surface area contributed by atoms with Crippen molar-refractivity contribution in [1.29, 1.82) is 0 Å². The van der Waals surface area contributed by atoms with E-state index in [1.54, 1.807) is 12.1 Å². The smallest absolute Gasteiger partial charge is 0.137 e. The average molecular weight is 261 g/mol. The summed E-state index contributed by atoms with van der Waals surface area (Å²) in [6.45, 7) is 1.92. The van der Waals surface area contributed by atoms with Crippen LogP contribution in [0.3, 0.4) is 0 Å². The Labute approximate surface area is 90.1 Å². The van der Waals surface area contributed by atoms with E-state index >= 15 is 0 Å². The van der Waals surface area contributed by atoms with Gasteiger partial charge in [0.05, 0.1) is 24.3 Å². The maximum Gasteiger partial charge on any atom is 0.137 e. The third-order valence-corrected chi connectivity index (χ3v) is 2.57. The first-order chi connectivity index (χ1) is 6.75. The molecule has 0 unspecified atom stereocenters. The third-order valence-electron chi connectivity index (χ3n) is 1.96. The lowest BCUT2D eigenvalue weighted by molar-refractivity contribution is 0.104. The molecule has 0 saturated carbocycles. The largest absolute Gasteiger partial charge is 0.374 e. The monoisotopic (exact) mass is 260 g/mol. The molecule has 1 aliphatic rings. The van der Waals surface area contributed by atoms with Gasteiger partial charge in [-0.3, -0.25) is 0 Å². The number of rotatable bonds is 4. The SMILES string of the molecule is Fc1ccc(COC[C@@H]2CO2)cc1Br. The van der Waals surface area contributed by atoms with Crippen molar-refractivity contribution in [3.63, 3.8) is 0 Å². The molecule has 1 aliphatic heterocycles. The molecule has 0 aromatic heterocycles. The van der Waals surface area contributed by atoms with Gasteiger partial charge in [-0.05, 0) is 33.6 Å². The Morgan fingerprint density at radius 2 is 2.36 bits per heavy atom. The van der Waals surface area contributed by atoms with Crippen molar-refractivity contribution in [2.75, 3.05) is 13.2 Å². The van der Waals surface area contributed by atoms with Crippen LogP contribution in [0.4, 0.5) is 4.39 Å². The Bertz CT molecular complexity index is 326. The van der Waals surface area contributed by atoms with Crippen molar-refractivity contribution in [2.45, 2.75) is 12.7 Å². The fraction of sp³-hybridized carbons (Fsp3) is 0.400. The zero-order valence-corrected chi connectivity index (χ0v) is 9.09. The molecule has 0 spiro atoms. The van der Waals surface area contributed by atoms with Crippen molar-refractivity contribution < 1.29 is 13.9 Å². The van der Waals surface area contributed by atoms with E-state index < -0.39 is 0 Å². The molecular weight excluding hydrogens is 251 g/mol. The molecule has 1 fully saturated rings. The van der Waals surface area contributed by atoms with Crippen LogP contribution in [0.1, 0.15) is 5.56 Å². The molecule has 0 aliphatic carbocycles. The van der Waals surface area contributed by atoms with Gasteiger partial charge in [-0.15, -0.1) is 0 Å². The maximum absolute atomic E-state index is 12.9. The van der Waals surface area contributed by atoms with Gasteiger partial charge < -0.3 is 9.47 Å². The topological polar surface area (TPSA) is 21.8 Å². The second-order valence-corrected chi connectivity index (χ2v) is 4.07. The van der Waals surface area contributed by atoms with Gasteiger partial charge in [0, 0.05) is 0 Å². The number of hydrogen-bond acceptors (Lipinski definition) is 2. The summed E-state index contributed by atoms with van der Waals surface area (Å²) in [7, 11) is 0. The molecular formula is C10H10BrFO2. The normalized spacial score (nSPS) is 19.7. The van der Waals surface area contributed by atoms with Crippen molar-refractivity contribution in [1.82, 2.24) is 0 Å². The lowest BCUT2D eigenvalue weighted by Gasteiger charge is -2.03. The molecule has 1 atom stereocenters. The number of epoxide rings is 1. The van der Waals surface area contributed by atoms with Crippen molar-refractivity contribution in [3.8, 4) is 0 Å². The molecule has 1 aromatic rings. The lowest BCUT2D eigenvalue weighted by atomic mass is 10.2. The van der Waals surface area contributed by atoms with E-state index in [0.29, 0.717) is 17.7 Å². The molecule has 4 heteroatoms. The zero-order chi connectivity index (χ0) is 9.97. The third kappa shape index (κ3) is 2.77. The average Bonchev–Trinajstić information content (AvgIpc) is 2.95. The summed E-state index contributed by atoms with van der Waals surface area (Å²) < 4.78 is 23.7. The van der Waals surface area contributed by atoms with Crippen molar-refractivity contribution in [3.05, 3.63) is 34.1 Å². The van der Waals surface area contributed by atoms with Crippen LogP contribution in [0.5, 0.6) is 0 Å². The van der Waals surface area contributed by atoms with E-state index in [1.165, 1.54) is 6.07 Å². The highest BCUT2D eigenvalue weighted by molar-refractivity contribution is 9.10. The highest BCUT2D eigenvalue weighted by Gasteiger charge is 2.22. The van der Waals surface area contributed by atoms with E-state index in [2.05, 4.69) is 15.9 Å². The molecule has 14 heavy (non-hydrogen) atoms. The summed E-state index contributed by atoms with van der Waals surface area (Å²) in [4.78, 5) is 0. The molecule has 0 radical (unpaired) electrons. The molecule has 2 rings (SSSR count). The van der Waals surface area contributed by atoms with E-state index in [4.69, 9.17) is 9.47 Å². The Morgan fingerprint density at radius 3 is 3.00 bits per heavy atom. The maximum atomic E-state index is 12.9. The quantitative estimate of drug-likeness (QED) is 0.777. The van der Waals surface area contributed by atoms with Gasteiger partial charge in [0.25, 0.3) is 0 Å². The molecule has 2 nitrogen and oxygen atoms in total. The molecule has 0 amide bonds. The molecule has 1 saturated heterocycles. The minimum atomic E-state index is -0.251. The van der Waals surface area contributed by atoms with Crippen LogP contribution in [0, 0.1) is 5.82 Å². The Morgan fingerprint density at radius 1 is 1.57 bits per heavy atom. The fourth-order valence-electron chi connectivity index (χ4n) is 1.10. The van der Waals surface area contributed by atoms with Crippen LogP contribution in [0.25, 0.3) is 0 Å². The van der Waals surface area contributed by atoms with Gasteiger partial charge in [0.1, 0.15) is 11.9 Å². The summed E-state index contributed by atoms with van der Waals surface area (Å²) in [5.74, 6) is -0.251. The summed E-state index contributed by atoms with van der Waals surface area (Å²) in [5, 5.41) is 0. The predicted octanol–water partition coefficient (Wildman–Crippen LogP) is 2.50. The fourth-order valence-corrected chi connectivity index (χ4v) is 1.53.